The van der Waals surface area contributed by atoms with Gasteiger partial charge in [0.2, 0.25) is 0 Å². The van der Waals surface area contributed by atoms with E-state index in [2.05, 4.69) is 21.0 Å². The highest BCUT2D eigenvalue weighted by Crippen LogP contribution is 2.44. The first kappa shape index (κ1) is 18.9. The van der Waals surface area contributed by atoms with Crippen molar-refractivity contribution in [2.45, 2.75) is 12.8 Å². The third-order valence-electron chi connectivity index (χ3n) is 4.39. The third kappa shape index (κ3) is 3.61. The van der Waals surface area contributed by atoms with Crippen molar-refractivity contribution in [2.75, 3.05) is 0 Å². The Kier molecular flexibility index (Phi) is 5.31. The maximum absolute atomic E-state index is 8.36. The number of H-pyrrole nitrogens is 1. The number of halogens is 2. The largest absolute Gasteiger partial charge is 0.344 e. The maximum atomic E-state index is 8.36. The number of thiophene rings is 1. The predicted molar refractivity (Wildman–Crippen MR) is 117 cm³/mol. The molecule has 4 aromatic rings. The van der Waals surface area contributed by atoms with Gasteiger partial charge >= 0.3 is 0 Å². The molecule has 0 spiro atoms. The predicted octanol–water partition coefficient (Wildman–Crippen LogP) is 6.68. The van der Waals surface area contributed by atoms with E-state index in [9.17, 15) is 0 Å². The minimum atomic E-state index is -0.222. The third-order valence-corrected chi connectivity index (χ3v) is 6.14. The van der Waals surface area contributed by atoms with Crippen molar-refractivity contribution < 1.29 is 0 Å². The topological polar surface area (TPSA) is 65.4 Å². The monoisotopic (exact) mass is 426 g/mol. The van der Waals surface area contributed by atoms with Gasteiger partial charge in [0.05, 0.1) is 16.5 Å². The van der Waals surface area contributed by atoms with Gasteiger partial charge in [-0.3, -0.25) is 4.98 Å². The van der Waals surface area contributed by atoms with Crippen LogP contribution in [0.1, 0.15) is 23.4 Å². The fourth-order valence-corrected chi connectivity index (χ4v) is 4.98. The van der Waals surface area contributed by atoms with Crippen molar-refractivity contribution >= 4 is 40.3 Å². The van der Waals surface area contributed by atoms with Crippen LogP contribution in [0.15, 0.2) is 61.1 Å². The number of nitrogens with one attached hydrogen (secondary N) is 2. The summed E-state index contributed by atoms with van der Waals surface area (Å²) in [5, 5.41) is 9.52. The number of benzene rings is 1. The molecule has 140 valence electrons. The number of pyridine rings is 1. The molecule has 3 heterocycles. The van der Waals surface area contributed by atoms with E-state index >= 15 is 0 Å². The molecule has 0 fully saturated rings. The molecule has 0 aliphatic rings. The minimum absolute atomic E-state index is 0.222. The molecule has 1 atom stereocenters. The molecule has 1 unspecified atom stereocenters. The van der Waals surface area contributed by atoms with Crippen LogP contribution in [0.3, 0.4) is 0 Å². The zero-order valence-electron chi connectivity index (χ0n) is 14.9. The van der Waals surface area contributed by atoms with Gasteiger partial charge < -0.3 is 10.4 Å². The Balaban J connectivity index is 1.92. The molecular weight excluding hydrogens is 411 g/mol. The number of nitrogens with zero attached hydrogens (tertiary/aromatic N) is 2. The number of hydrogen-bond donors (Lipinski definition) is 2. The zero-order chi connectivity index (χ0) is 19.7. The highest BCUT2D eigenvalue weighted by molar-refractivity contribution is 7.16. The summed E-state index contributed by atoms with van der Waals surface area (Å²) < 4.78 is 0. The van der Waals surface area contributed by atoms with E-state index in [0.29, 0.717) is 15.8 Å². The van der Waals surface area contributed by atoms with Crippen molar-refractivity contribution in [1.29, 1.82) is 5.41 Å². The lowest BCUT2D eigenvalue weighted by Crippen LogP contribution is -2.09. The molecule has 1 aromatic carbocycles. The van der Waals surface area contributed by atoms with Crippen LogP contribution in [-0.2, 0) is 0 Å². The number of hydrogen-bond acceptors (Lipinski definition) is 4. The van der Waals surface area contributed by atoms with Crippen LogP contribution in [0.5, 0.6) is 0 Å². The molecule has 28 heavy (non-hydrogen) atoms. The molecule has 4 rings (SSSR count). The second-order valence-electron chi connectivity index (χ2n) is 6.32. The summed E-state index contributed by atoms with van der Waals surface area (Å²) in [7, 11) is 0. The van der Waals surface area contributed by atoms with E-state index in [4.69, 9.17) is 28.6 Å². The average molecular weight is 427 g/mol. The van der Waals surface area contributed by atoms with Crippen LogP contribution in [0.4, 0.5) is 0 Å². The van der Waals surface area contributed by atoms with Crippen molar-refractivity contribution in [1.82, 2.24) is 15.0 Å². The van der Waals surface area contributed by atoms with Crippen LogP contribution in [0, 0.1) is 5.41 Å². The van der Waals surface area contributed by atoms with Gasteiger partial charge in [0.1, 0.15) is 5.82 Å². The Bertz CT molecular complexity index is 1120. The Morgan fingerprint density at radius 1 is 1.07 bits per heavy atom. The average Bonchev–Trinajstić information content (AvgIpc) is 3.32. The van der Waals surface area contributed by atoms with E-state index in [1.165, 1.54) is 0 Å². The minimum Gasteiger partial charge on any atom is -0.344 e. The lowest BCUT2D eigenvalue weighted by Gasteiger charge is -2.13. The number of aromatic amines is 1. The van der Waals surface area contributed by atoms with Gasteiger partial charge in [0, 0.05) is 50.4 Å². The number of aromatic nitrogens is 3. The van der Waals surface area contributed by atoms with E-state index < -0.39 is 0 Å². The van der Waals surface area contributed by atoms with Gasteiger partial charge in [-0.1, -0.05) is 35.3 Å². The van der Waals surface area contributed by atoms with Gasteiger partial charge in [-0.15, -0.1) is 11.3 Å². The van der Waals surface area contributed by atoms with Crippen LogP contribution in [0.2, 0.25) is 10.0 Å². The normalized spacial score (nSPS) is 12.1. The van der Waals surface area contributed by atoms with Gasteiger partial charge in [-0.2, -0.15) is 0 Å². The van der Waals surface area contributed by atoms with Crippen LogP contribution in [-0.4, -0.2) is 20.7 Å². The highest BCUT2D eigenvalue weighted by Gasteiger charge is 2.24. The fourth-order valence-electron chi connectivity index (χ4n) is 3.15. The van der Waals surface area contributed by atoms with E-state index in [1.54, 1.807) is 42.9 Å². The van der Waals surface area contributed by atoms with E-state index in [1.807, 2.05) is 30.3 Å². The molecule has 0 radical (unpaired) electrons. The molecule has 7 heteroatoms. The Morgan fingerprint density at radius 3 is 2.57 bits per heavy atom. The summed E-state index contributed by atoms with van der Waals surface area (Å²) in [6.45, 7) is 1.81. The maximum Gasteiger partial charge on any atom is 0.148 e. The summed E-state index contributed by atoms with van der Waals surface area (Å²) in [6.07, 6.45) is 5.27. The van der Waals surface area contributed by atoms with Crippen molar-refractivity contribution in [3.63, 3.8) is 0 Å². The number of imidazole rings is 1. The molecule has 0 bridgehead atoms. The van der Waals surface area contributed by atoms with Crippen molar-refractivity contribution in [3.8, 4) is 21.8 Å². The van der Waals surface area contributed by atoms with Crippen LogP contribution < -0.4 is 0 Å². The highest BCUT2D eigenvalue weighted by atomic mass is 35.5. The molecule has 0 saturated carbocycles. The van der Waals surface area contributed by atoms with Crippen molar-refractivity contribution in [2.24, 2.45) is 0 Å². The first-order chi connectivity index (χ1) is 13.5. The Morgan fingerprint density at radius 2 is 1.93 bits per heavy atom. The quantitative estimate of drug-likeness (QED) is 0.349. The van der Waals surface area contributed by atoms with E-state index in [0.717, 1.165) is 32.4 Å². The van der Waals surface area contributed by atoms with Gasteiger partial charge in [-0.25, -0.2) is 4.98 Å². The van der Waals surface area contributed by atoms with Gasteiger partial charge in [0.15, 0.2) is 0 Å². The smallest absolute Gasteiger partial charge is 0.148 e. The molecule has 2 N–H and O–H groups in total. The van der Waals surface area contributed by atoms with E-state index in [-0.39, 0.29) is 5.92 Å². The second kappa shape index (κ2) is 7.87. The molecule has 0 amide bonds. The van der Waals surface area contributed by atoms with Crippen LogP contribution >= 0.6 is 34.5 Å². The van der Waals surface area contributed by atoms with Gasteiger partial charge in [-0.05, 0) is 37.3 Å². The first-order valence-corrected chi connectivity index (χ1v) is 10.2. The van der Waals surface area contributed by atoms with Crippen molar-refractivity contribution in [3.05, 3.63) is 81.7 Å². The summed E-state index contributed by atoms with van der Waals surface area (Å²) in [4.78, 5) is 14.1. The summed E-state index contributed by atoms with van der Waals surface area (Å²) in [5.41, 5.74) is 3.21. The summed E-state index contributed by atoms with van der Waals surface area (Å²) in [6, 6.07) is 13.3. The molecule has 3 aromatic heterocycles. The molecule has 4 nitrogen and oxygen atoms in total. The number of rotatable bonds is 5. The lowest BCUT2D eigenvalue weighted by atomic mass is 9.96. The molecule has 0 aliphatic carbocycles. The fraction of sp³-hybridized carbons (Fsp3) is 0.0952. The van der Waals surface area contributed by atoms with Gasteiger partial charge in [0.25, 0.3) is 0 Å². The molecular formula is C21H16Cl2N4S. The lowest BCUT2D eigenvalue weighted by molar-refractivity contribution is 1.00. The molecule has 0 saturated heterocycles. The SMILES string of the molecule is CC(=N)C(c1ccccn1)c1cc(-c2ccc(Cl)cc2Cl)c(-c2ncc[nH]2)s1. The second-order valence-corrected chi connectivity index (χ2v) is 8.25. The first-order valence-electron chi connectivity index (χ1n) is 8.59. The Hall–Kier alpha value is -2.47. The van der Waals surface area contributed by atoms with Crippen LogP contribution in [0.25, 0.3) is 21.8 Å². The Labute approximate surface area is 176 Å². The standard InChI is InChI=1S/C21H16Cl2N4S/c1-12(24)19(17-4-2-3-7-25-17)18-11-15(14-6-5-13(22)10-16(14)23)20(28-18)21-26-8-9-27-21/h2-11,19,24H,1H3,(H,26,27). The summed E-state index contributed by atoms with van der Waals surface area (Å²) in [5.74, 6) is 0.541. The molecule has 0 aliphatic heterocycles. The summed E-state index contributed by atoms with van der Waals surface area (Å²) >= 11 is 14.2. The zero-order valence-corrected chi connectivity index (χ0v) is 17.2.